The van der Waals surface area contributed by atoms with Gasteiger partial charge in [0.15, 0.2) is 0 Å². The maximum absolute atomic E-state index is 10.5. The fourth-order valence-electron chi connectivity index (χ4n) is 2.02. The van der Waals surface area contributed by atoms with Crippen LogP contribution in [-0.2, 0) is 4.79 Å². The highest BCUT2D eigenvalue weighted by Crippen LogP contribution is 2.06. The number of aliphatic carboxylic acids is 1. The Bertz CT molecular complexity index is 219. The monoisotopic (exact) mass is 260 g/mol. The van der Waals surface area contributed by atoms with Crippen LogP contribution >= 0.6 is 11.8 Å². The molecule has 17 heavy (non-hydrogen) atoms. The Labute approximate surface area is 108 Å². The lowest BCUT2D eigenvalue weighted by Crippen LogP contribution is -2.47. The number of rotatable bonds is 8. The molecule has 1 saturated heterocycles. The van der Waals surface area contributed by atoms with E-state index < -0.39 is 5.97 Å². The van der Waals surface area contributed by atoms with Gasteiger partial charge in [0.1, 0.15) is 0 Å². The second kappa shape index (κ2) is 8.78. The molecule has 100 valence electrons. The second-order valence-electron chi connectivity index (χ2n) is 4.38. The first kappa shape index (κ1) is 14.8. The average molecular weight is 260 g/mol. The van der Waals surface area contributed by atoms with Crippen molar-refractivity contribution in [2.45, 2.75) is 19.8 Å². The first-order valence-corrected chi connectivity index (χ1v) is 7.62. The van der Waals surface area contributed by atoms with Crippen molar-refractivity contribution in [3.05, 3.63) is 0 Å². The normalized spacial score (nSPS) is 18.4. The molecule has 1 rings (SSSR count). The van der Waals surface area contributed by atoms with E-state index in [2.05, 4.69) is 16.7 Å². The minimum Gasteiger partial charge on any atom is -0.481 e. The molecule has 1 aliphatic heterocycles. The number of nitrogens with zero attached hydrogens (tertiary/aromatic N) is 2. The summed E-state index contributed by atoms with van der Waals surface area (Å²) in [5.74, 6) is 1.78. The predicted molar refractivity (Wildman–Crippen MR) is 72.7 cm³/mol. The summed E-state index contributed by atoms with van der Waals surface area (Å²) in [5.41, 5.74) is 0. The Balaban J connectivity index is 2.03. The van der Waals surface area contributed by atoms with Crippen LogP contribution < -0.4 is 0 Å². The molecular weight excluding hydrogens is 236 g/mol. The van der Waals surface area contributed by atoms with Crippen LogP contribution in [0.2, 0.25) is 0 Å². The number of carbonyl (C=O) groups is 1. The quantitative estimate of drug-likeness (QED) is 0.665. The molecule has 0 aromatic carbocycles. The molecule has 0 bridgehead atoms. The van der Waals surface area contributed by atoms with Crippen LogP contribution in [0.15, 0.2) is 0 Å². The van der Waals surface area contributed by atoms with Crippen LogP contribution in [0, 0.1) is 0 Å². The molecule has 0 aromatic rings. The highest BCUT2D eigenvalue weighted by Gasteiger charge is 2.16. The Morgan fingerprint density at radius 3 is 2.29 bits per heavy atom. The van der Waals surface area contributed by atoms with E-state index in [9.17, 15) is 4.79 Å². The summed E-state index contributed by atoms with van der Waals surface area (Å²) >= 11 is 2.01. The largest absolute Gasteiger partial charge is 0.481 e. The van der Waals surface area contributed by atoms with Gasteiger partial charge in [0, 0.05) is 32.7 Å². The molecule has 0 unspecified atom stereocenters. The molecule has 0 radical (unpaired) electrons. The maximum atomic E-state index is 10.5. The van der Waals surface area contributed by atoms with E-state index in [4.69, 9.17) is 5.11 Å². The van der Waals surface area contributed by atoms with Crippen molar-refractivity contribution >= 4 is 17.7 Å². The zero-order chi connectivity index (χ0) is 12.5. The number of hydrogen-bond donors (Lipinski definition) is 1. The third-order valence-electron chi connectivity index (χ3n) is 3.07. The molecule has 0 atom stereocenters. The summed E-state index contributed by atoms with van der Waals surface area (Å²) in [6, 6.07) is 0. The number of carboxylic acids is 1. The number of thioether (sulfide) groups is 1. The van der Waals surface area contributed by atoms with Crippen LogP contribution in [0.4, 0.5) is 0 Å². The molecule has 0 aromatic heterocycles. The fourth-order valence-corrected chi connectivity index (χ4v) is 2.65. The van der Waals surface area contributed by atoms with E-state index in [1.807, 2.05) is 11.8 Å². The molecular formula is C12H24N2O2S. The first-order chi connectivity index (χ1) is 8.22. The summed E-state index contributed by atoms with van der Waals surface area (Å²) in [6.45, 7) is 8.33. The molecule has 1 heterocycles. The molecule has 5 heteroatoms. The van der Waals surface area contributed by atoms with Crippen LogP contribution in [0.1, 0.15) is 19.8 Å². The maximum Gasteiger partial charge on any atom is 0.304 e. The Hall–Kier alpha value is -0.260. The van der Waals surface area contributed by atoms with E-state index >= 15 is 0 Å². The second-order valence-corrected chi connectivity index (χ2v) is 5.77. The topological polar surface area (TPSA) is 43.8 Å². The average Bonchev–Trinajstić information content (AvgIpc) is 2.33. The highest BCUT2D eigenvalue weighted by molar-refractivity contribution is 7.99. The minimum atomic E-state index is -0.691. The molecule has 0 amide bonds. The zero-order valence-corrected chi connectivity index (χ0v) is 11.5. The van der Waals surface area contributed by atoms with Gasteiger partial charge in [0.25, 0.3) is 0 Å². The molecule has 4 nitrogen and oxygen atoms in total. The number of carboxylic acid groups (broad SMARTS) is 1. The van der Waals surface area contributed by atoms with Crippen LogP contribution in [0.3, 0.4) is 0 Å². The van der Waals surface area contributed by atoms with Gasteiger partial charge in [-0.3, -0.25) is 4.79 Å². The lowest BCUT2D eigenvalue weighted by Gasteiger charge is -2.34. The standard InChI is InChI=1S/C12H24N2O2S/c1-2-17-11-3-5-13-7-9-14(10-8-13)6-4-12(15)16/h2-11H2,1H3,(H,15,16). The van der Waals surface area contributed by atoms with Gasteiger partial charge in [-0.25, -0.2) is 0 Å². The van der Waals surface area contributed by atoms with Gasteiger partial charge in [0.05, 0.1) is 6.42 Å². The van der Waals surface area contributed by atoms with Gasteiger partial charge in [-0.05, 0) is 24.5 Å². The summed E-state index contributed by atoms with van der Waals surface area (Å²) < 4.78 is 0. The Morgan fingerprint density at radius 1 is 1.18 bits per heavy atom. The predicted octanol–water partition coefficient (Wildman–Crippen LogP) is 1.22. The highest BCUT2D eigenvalue weighted by atomic mass is 32.2. The fraction of sp³-hybridized carbons (Fsp3) is 0.917. The van der Waals surface area contributed by atoms with E-state index in [0.29, 0.717) is 6.54 Å². The Morgan fingerprint density at radius 2 is 1.76 bits per heavy atom. The SMILES string of the molecule is CCSCCCN1CCN(CCC(=O)O)CC1. The third kappa shape index (κ3) is 6.91. The van der Waals surface area contributed by atoms with Crippen LogP contribution in [0.25, 0.3) is 0 Å². The van der Waals surface area contributed by atoms with Crippen molar-refractivity contribution in [3.63, 3.8) is 0 Å². The van der Waals surface area contributed by atoms with Gasteiger partial charge in [-0.1, -0.05) is 6.92 Å². The number of hydrogen-bond acceptors (Lipinski definition) is 4. The van der Waals surface area contributed by atoms with Crippen molar-refractivity contribution in [2.24, 2.45) is 0 Å². The summed E-state index contributed by atoms with van der Waals surface area (Å²) in [6.07, 6.45) is 1.54. The minimum absolute atomic E-state index is 0.271. The van der Waals surface area contributed by atoms with Crippen molar-refractivity contribution < 1.29 is 9.90 Å². The van der Waals surface area contributed by atoms with E-state index in [1.165, 1.54) is 24.5 Å². The van der Waals surface area contributed by atoms with Crippen LogP contribution in [0.5, 0.6) is 0 Å². The van der Waals surface area contributed by atoms with Gasteiger partial charge < -0.3 is 14.9 Å². The smallest absolute Gasteiger partial charge is 0.304 e. The molecule has 0 saturated carbocycles. The molecule has 0 aliphatic carbocycles. The zero-order valence-electron chi connectivity index (χ0n) is 10.7. The molecule has 0 spiro atoms. The number of piperazine rings is 1. The van der Waals surface area contributed by atoms with Crippen molar-refractivity contribution in [1.29, 1.82) is 0 Å². The van der Waals surface area contributed by atoms with E-state index in [-0.39, 0.29) is 6.42 Å². The van der Waals surface area contributed by atoms with E-state index in [1.54, 1.807) is 0 Å². The van der Waals surface area contributed by atoms with Crippen molar-refractivity contribution in [1.82, 2.24) is 9.80 Å². The molecule has 1 N–H and O–H groups in total. The summed E-state index contributed by atoms with van der Waals surface area (Å²) in [4.78, 5) is 15.2. The lowest BCUT2D eigenvalue weighted by molar-refractivity contribution is -0.137. The van der Waals surface area contributed by atoms with Crippen molar-refractivity contribution in [3.8, 4) is 0 Å². The van der Waals surface area contributed by atoms with Gasteiger partial charge in [-0.15, -0.1) is 0 Å². The van der Waals surface area contributed by atoms with Gasteiger partial charge in [0.2, 0.25) is 0 Å². The van der Waals surface area contributed by atoms with Crippen LogP contribution in [-0.4, -0.2) is 71.6 Å². The lowest BCUT2D eigenvalue weighted by atomic mass is 10.2. The molecule has 1 aliphatic rings. The first-order valence-electron chi connectivity index (χ1n) is 6.46. The van der Waals surface area contributed by atoms with Gasteiger partial charge in [-0.2, -0.15) is 11.8 Å². The third-order valence-corrected chi connectivity index (χ3v) is 4.06. The summed E-state index contributed by atoms with van der Waals surface area (Å²) in [7, 11) is 0. The molecule has 1 fully saturated rings. The summed E-state index contributed by atoms with van der Waals surface area (Å²) in [5, 5.41) is 8.62. The Kier molecular flexibility index (Phi) is 7.64. The van der Waals surface area contributed by atoms with Gasteiger partial charge >= 0.3 is 5.97 Å². The van der Waals surface area contributed by atoms with Crippen molar-refractivity contribution in [2.75, 3.05) is 50.8 Å². The van der Waals surface area contributed by atoms with E-state index in [0.717, 1.165) is 26.2 Å².